The minimum absolute atomic E-state index is 0.110. The predicted octanol–water partition coefficient (Wildman–Crippen LogP) is 4.89. The molecular weight excluding hydrogens is 394 g/mol. The van der Waals surface area contributed by atoms with E-state index in [9.17, 15) is 9.59 Å². The van der Waals surface area contributed by atoms with Crippen LogP contribution in [0.3, 0.4) is 0 Å². The Hall–Kier alpha value is -2.18. The SMILES string of the molecule is CC(C)(CN)CN(Cc1cccc(NC(=O)c2cccs2)c1)C(=O)C1CCCCC1. The average Bonchev–Trinajstić information content (AvgIpc) is 3.29. The lowest BCUT2D eigenvalue weighted by atomic mass is 9.86. The number of thiophene rings is 1. The third-order valence-corrected chi connectivity index (χ3v) is 6.61. The molecular formula is C24H33N3O2S. The summed E-state index contributed by atoms with van der Waals surface area (Å²) in [6.07, 6.45) is 5.46. The van der Waals surface area contributed by atoms with E-state index in [4.69, 9.17) is 5.73 Å². The Bertz CT molecular complexity index is 842. The van der Waals surface area contributed by atoms with Crippen LogP contribution in [0, 0.1) is 11.3 Å². The van der Waals surface area contributed by atoms with Crippen LogP contribution >= 0.6 is 11.3 Å². The molecule has 162 valence electrons. The smallest absolute Gasteiger partial charge is 0.265 e. The van der Waals surface area contributed by atoms with E-state index < -0.39 is 0 Å². The van der Waals surface area contributed by atoms with E-state index in [0.29, 0.717) is 24.5 Å². The maximum absolute atomic E-state index is 13.3. The van der Waals surface area contributed by atoms with Crippen molar-refractivity contribution in [3.63, 3.8) is 0 Å². The molecule has 0 unspecified atom stereocenters. The van der Waals surface area contributed by atoms with Crippen molar-refractivity contribution < 1.29 is 9.59 Å². The fraction of sp³-hybridized carbons (Fsp3) is 0.500. The summed E-state index contributed by atoms with van der Waals surface area (Å²) in [6, 6.07) is 11.5. The van der Waals surface area contributed by atoms with Crippen LogP contribution in [-0.2, 0) is 11.3 Å². The summed E-state index contributed by atoms with van der Waals surface area (Å²) in [4.78, 5) is 28.4. The van der Waals surface area contributed by atoms with Crippen molar-refractivity contribution in [3.8, 4) is 0 Å². The first-order chi connectivity index (χ1) is 14.4. The molecule has 3 N–H and O–H groups in total. The van der Waals surface area contributed by atoms with E-state index in [-0.39, 0.29) is 23.1 Å². The van der Waals surface area contributed by atoms with E-state index in [2.05, 4.69) is 19.2 Å². The first-order valence-corrected chi connectivity index (χ1v) is 11.7. The lowest BCUT2D eigenvalue weighted by Crippen LogP contribution is -2.44. The van der Waals surface area contributed by atoms with Gasteiger partial charge < -0.3 is 16.0 Å². The van der Waals surface area contributed by atoms with Crippen molar-refractivity contribution in [1.29, 1.82) is 0 Å². The van der Waals surface area contributed by atoms with Crippen LogP contribution in [0.25, 0.3) is 0 Å². The third-order valence-electron chi connectivity index (χ3n) is 5.74. The molecule has 0 bridgehead atoms. The number of rotatable bonds is 8. The highest BCUT2D eigenvalue weighted by atomic mass is 32.1. The first kappa shape index (κ1) is 22.5. The standard InChI is InChI=1S/C24H33N3O2S/c1-24(2,16-25)17-27(23(29)19-9-4-3-5-10-19)15-18-8-6-11-20(14-18)26-22(28)21-12-7-13-30-21/h6-8,11-14,19H,3-5,9-10,15-17,25H2,1-2H3,(H,26,28). The summed E-state index contributed by atoms with van der Waals surface area (Å²) in [7, 11) is 0. The van der Waals surface area contributed by atoms with Crippen molar-refractivity contribution in [1.82, 2.24) is 4.90 Å². The molecule has 30 heavy (non-hydrogen) atoms. The van der Waals surface area contributed by atoms with Crippen LogP contribution in [0.2, 0.25) is 0 Å². The second kappa shape index (κ2) is 10.2. The molecule has 2 amide bonds. The lowest BCUT2D eigenvalue weighted by molar-refractivity contribution is -0.138. The van der Waals surface area contributed by atoms with Crippen molar-refractivity contribution in [2.24, 2.45) is 17.1 Å². The van der Waals surface area contributed by atoms with Gasteiger partial charge in [0.15, 0.2) is 0 Å². The maximum atomic E-state index is 13.3. The molecule has 0 radical (unpaired) electrons. The van der Waals surface area contributed by atoms with Crippen molar-refractivity contribution in [2.45, 2.75) is 52.5 Å². The van der Waals surface area contributed by atoms with Crippen LogP contribution in [0.4, 0.5) is 5.69 Å². The predicted molar refractivity (Wildman–Crippen MR) is 124 cm³/mol. The Morgan fingerprint density at radius 1 is 1.17 bits per heavy atom. The molecule has 0 atom stereocenters. The van der Waals surface area contributed by atoms with E-state index in [1.54, 1.807) is 0 Å². The Kier molecular flexibility index (Phi) is 7.67. The van der Waals surface area contributed by atoms with Gasteiger partial charge in [0.1, 0.15) is 0 Å². The largest absolute Gasteiger partial charge is 0.338 e. The van der Waals surface area contributed by atoms with Crippen molar-refractivity contribution >= 4 is 28.8 Å². The quantitative estimate of drug-likeness (QED) is 0.629. The first-order valence-electron chi connectivity index (χ1n) is 10.8. The Balaban J connectivity index is 1.74. The molecule has 1 aliphatic carbocycles. The summed E-state index contributed by atoms with van der Waals surface area (Å²) in [6.45, 7) is 5.89. The monoisotopic (exact) mass is 427 g/mol. The van der Waals surface area contributed by atoms with Crippen LogP contribution in [0.15, 0.2) is 41.8 Å². The highest BCUT2D eigenvalue weighted by molar-refractivity contribution is 7.12. The van der Waals surface area contributed by atoms with Gasteiger partial charge in [-0.15, -0.1) is 11.3 Å². The Morgan fingerprint density at radius 2 is 1.93 bits per heavy atom. The number of nitrogens with two attached hydrogens (primary N) is 1. The van der Waals surface area contributed by atoms with Crippen LogP contribution in [-0.4, -0.2) is 29.8 Å². The number of carbonyl (C=O) groups is 2. The summed E-state index contributed by atoms with van der Waals surface area (Å²) in [5, 5.41) is 4.85. The molecule has 0 spiro atoms. The van der Waals surface area contributed by atoms with Gasteiger partial charge in [0.25, 0.3) is 5.91 Å². The summed E-state index contributed by atoms with van der Waals surface area (Å²) in [5.41, 5.74) is 7.58. The second-order valence-corrected chi connectivity index (χ2v) is 9.98. The number of hydrogen-bond donors (Lipinski definition) is 2. The second-order valence-electron chi connectivity index (χ2n) is 9.03. The Labute approximate surface area is 183 Å². The fourth-order valence-corrected chi connectivity index (χ4v) is 4.59. The molecule has 0 saturated heterocycles. The van der Waals surface area contributed by atoms with E-state index in [1.807, 2.05) is 46.7 Å². The fourth-order valence-electron chi connectivity index (χ4n) is 3.97. The molecule has 1 aromatic carbocycles. The number of benzene rings is 1. The average molecular weight is 428 g/mol. The number of amides is 2. The van der Waals surface area contributed by atoms with Gasteiger partial charge in [-0.3, -0.25) is 9.59 Å². The highest BCUT2D eigenvalue weighted by Gasteiger charge is 2.30. The number of nitrogens with zero attached hydrogens (tertiary/aromatic N) is 1. The van der Waals surface area contributed by atoms with Crippen LogP contribution in [0.1, 0.15) is 61.2 Å². The van der Waals surface area contributed by atoms with E-state index in [1.165, 1.54) is 17.8 Å². The van der Waals surface area contributed by atoms with Crippen molar-refractivity contribution in [2.75, 3.05) is 18.4 Å². The molecule has 2 aromatic rings. The molecule has 1 saturated carbocycles. The minimum atomic E-state index is -0.144. The summed E-state index contributed by atoms with van der Waals surface area (Å²) in [5.74, 6) is 0.250. The van der Waals surface area contributed by atoms with Gasteiger partial charge in [-0.05, 0) is 53.9 Å². The summed E-state index contributed by atoms with van der Waals surface area (Å²) < 4.78 is 0. The maximum Gasteiger partial charge on any atom is 0.265 e. The van der Waals surface area contributed by atoms with Crippen LogP contribution in [0.5, 0.6) is 0 Å². The van der Waals surface area contributed by atoms with Crippen LogP contribution < -0.4 is 11.1 Å². The molecule has 1 aromatic heterocycles. The minimum Gasteiger partial charge on any atom is -0.338 e. The van der Waals surface area contributed by atoms with Gasteiger partial charge in [-0.2, -0.15) is 0 Å². The normalized spacial score (nSPS) is 15.0. The van der Waals surface area contributed by atoms with E-state index in [0.717, 1.165) is 36.9 Å². The number of hydrogen-bond acceptors (Lipinski definition) is 4. The highest BCUT2D eigenvalue weighted by Crippen LogP contribution is 2.28. The summed E-state index contributed by atoms with van der Waals surface area (Å²) >= 11 is 1.42. The van der Waals surface area contributed by atoms with Gasteiger partial charge in [-0.1, -0.05) is 51.3 Å². The lowest BCUT2D eigenvalue weighted by Gasteiger charge is -2.35. The molecule has 3 rings (SSSR count). The number of anilines is 1. The molecule has 1 fully saturated rings. The van der Waals surface area contributed by atoms with Gasteiger partial charge in [0.05, 0.1) is 4.88 Å². The van der Waals surface area contributed by atoms with E-state index >= 15 is 0 Å². The Morgan fingerprint density at radius 3 is 2.60 bits per heavy atom. The molecule has 5 nitrogen and oxygen atoms in total. The van der Waals surface area contributed by atoms with Gasteiger partial charge in [-0.25, -0.2) is 0 Å². The molecule has 1 heterocycles. The topological polar surface area (TPSA) is 75.4 Å². The zero-order chi connectivity index (χ0) is 21.6. The van der Waals surface area contributed by atoms with Gasteiger partial charge in [0.2, 0.25) is 5.91 Å². The number of carbonyl (C=O) groups excluding carboxylic acids is 2. The molecule has 6 heteroatoms. The zero-order valence-electron chi connectivity index (χ0n) is 18.0. The van der Waals surface area contributed by atoms with Crippen molar-refractivity contribution in [3.05, 3.63) is 52.2 Å². The van der Waals surface area contributed by atoms with Gasteiger partial charge in [0, 0.05) is 24.7 Å². The molecule has 0 aliphatic heterocycles. The third kappa shape index (κ3) is 6.16. The van der Waals surface area contributed by atoms with Gasteiger partial charge >= 0.3 is 0 Å². The zero-order valence-corrected chi connectivity index (χ0v) is 18.8. The molecule has 1 aliphatic rings. The number of nitrogens with one attached hydrogen (secondary N) is 1.